The molecule has 8 heteroatoms. The van der Waals surface area contributed by atoms with Crippen molar-refractivity contribution in [1.29, 1.82) is 0 Å². The van der Waals surface area contributed by atoms with E-state index in [1.165, 1.54) is 23.6 Å². The van der Waals surface area contributed by atoms with E-state index in [2.05, 4.69) is 10.3 Å². The molecule has 2 heterocycles. The van der Waals surface area contributed by atoms with Crippen LogP contribution in [0.25, 0.3) is 0 Å². The number of hydrogen-bond acceptors (Lipinski definition) is 4. The van der Waals surface area contributed by atoms with Crippen LogP contribution < -0.4 is 10.9 Å². The number of fused-ring (bicyclic) bond motifs is 1. The van der Waals surface area contributed by atoms with Gasteiger partial charge in [0.25, 0.3) is 0 Å². The smallest absolute Gasteiger partial charge is 0.310 e. The van der Waals surface area contributed by atoms with Crippen LogP contribution in [-0.4, -0.2) is 9.55 Å². The van der Waals surface area contributed by atoms with Crippen molar-refractivity contribution in [2.75, 3.05) is 5.32 Å². The fraction of sp³-hybridized carbons (Fsp3) is 0.238. The maximum absolute atomic E-state index is 13.9. The zero-order chi connectivity index (χ0) is 20.7. The van der Waals surface area contributed by atoms with Crippen LogP contribution in [-0.2, 0) is 24.5 Å². The average molecular weight is 401 g/mol. The molecule has 0 bridgehead atoms. The first-order valence-electron chi connectivity index (χ1n) is 9.00. The molecule has 0 radical (unpaired) electrons. The summed E-state index contributed by atoms with van der Waals surface area (Å²) in [7, 11) is 0. The monoisotopic (exact) mass is 401 g/mol. The van der Waals surface area contributed by atoms with E-state index >= 15 is 0 Å². The minimum absolute atomic E-state index is 0.0692. The van der Waals surface area contributed by atoms with Gasteiger partial charge in [-0.05, 0) is 54.3 Å². The lowest BCUT2D eigenvalue weighted by Gasteiger charge is -2.16. The van der Waals surface area contributed by atoms with E-state index in [0.29, 0.717) is 18.9 Å². The number of aryl methyl sites for hydroxylation is 1. The highest BCUT2D eigenvalue weighted by Gasteiger charge is 2.16. The SMILES string of the molecule is Cc1cc2c(cc1Nc1nc(=O)c(F)cn1Cc1cc(F)c(C)c(F)c1)COC2. The number of ether oxygens (including phenoxy) is 1. The zero-order valence-corrected chi connectivity index (χ0v) is 15.9. The Balaban J connectivity index is 1.73. The number of nitrogens with one attached hydrogen (secondary N) is 1. The molecule has 5 nitrogen and oxygen atoms in total. The zero-order valence-electron chi connectivity index (χ0n) is 15.9. The Bertz CT molecular complexity index is 1150. The summed E-state index contributed by atoms with van der Waals surface area (Å²) in [5, 5.41) is 3.04. The predicted molar refractivity (Wildman–Crippen MR) is 102 cm³/mol. The van der Waals surface area contributed by atoms with Gasteiger partial charge >= 0.3 is 5.56 Å². The van der Waals surface area contributed by atoms with Crippen molar-refractivity contribution in [3.63, 3.8) is 0 Å². The number of benzene rings is 2. The van der Waals surface area contributed by atoms with E-state index in [0.717, 1.165) is 22.9 Å². The van der Waals surface area contributed by atoms with Gasteiger partial charge in [-0.2, -0.15) is 9.37 Å². The second kappa shape index (κ2) is 7.36. The van der Waals surface area contributed by atoms with Crippen molar-refractivity contribution >= 4 is 11.6 Å². The van der Waals surface area contributed by atoms with Crippen molar-refractivity contribution in [1.82, 2.24) is 9.55 Å². The molecule has 2 aromatic carbocycles. The number of halogens is 3. The van der Waals surface area contributed by atoms with Crippen LogP contribution in [0.5, 0.6) is 0 Å². The van der Waals surface area contributed by atoms with E-state index in [9.17, 15) is 18.0 Å². The molecule has 0 saturated carbocycles. The third kappa shape index (κ3) is 3.75. The molecule has 1 aliphatic heterocycles. The molecule has 29 heavy (non-hydrogen) atoms. The summed E-state index contributed by atoms with van der Waals surface area (Å²) in [6, 6.07) is 6.22. The summed E-state index contributed by atoms with van der Waals surface area (Å²) in [6.45, 7) is 4.17. The molecule has 1 N–H and O–H groups in total. The van der Waals surface area contributed by atoms with Gasteiger partial charge in [0.15, 0.2) is 0 Å². The molecule has 0 amide bonds. The average Bonchev–Trinajstić information content (AvgIpc) is 3.11. The van der Waals surface area contributed by atoms with Gasteiger partial charge in [0.05, 0.1) is 19.8 Å². The minimum Gasteiger partial charge on any atom is -0.372 e. The third-order valence-electron chi connectivity index (χ3n) is 4.95. The molecular weight excluding hydrogens is 383 g/mol. The number of anilines is 2. The van der Waals surface area contributed by atoms with Crippen LogP contribution in [0.2, 0.25) is 0 Å². The van der Waals surface area contributed by atoms with Crippen LogP contribution in [0.4, 0.5) is 24.8 Å². The van der Waals surface area contributed by atoms with Crippen molar-refractivity contribution in [2.45, 2.75) is 33.6 Å². The van der Waals surface area contributed by atoms with Crippen molar-refractivity contribution in [2.24, 2.45) is 0 Å². The molecule has 0 atom stereocenters. The Labute approximate surface area is 164 Å². The Morgan fingerprint density at radius 1 is 1.03 bits per heavy atom. The van der Waals surface area contributed by atoms with Crippen molar-refractivity contribution in [3.8, 4) is 0 Å². The van der Waals surface area contributed by atoms with Crippen LogP contribution in [0.3, 0.4) is 0 Å². The largest absolute Gasteiger partial charge is 0.372 e. The number of nitrogens with zero attached hydrogens (tertiary/aromatic N) is 2. The summed E-state index contributed by atoms with van der Waals surface area (Å²) in [5.41, 5.74) is 2.84. The lowest BCUT2D eigenvalue weighted by Crippen LogP contribution is -2.20. The highest BCUT2D eigenvalue weighted by molar-refractivity contribution is 5.61. The fourth-order valence-corrected chi connectivity index (χ4v) is 3.28. The first-order valence-corrected chi connectivity index (χ1v) is 9.00. The number of aromatic nitrogens is 2. The van der Waals surface area contributed by atoms with Crippen molar-refractivity contribution in [3.05, 3.63) is 86.1 Å². The topological polar surface area (TPSA) is 56.2 Å². The van der Waals surface area contributed by atoms with Gasteiger partial charge in [-0.1, -0.05) is 6.07 Å². The van der Waals surface area contributed by atoms with Gasteiger partial charge in [-0.3, -0.25) is 4.79 Å². The summed E-state index contributed by atoms with van der Waals surface area (Å²) < 4.78 is 48.4. The van der Waals surface area contributed by atoms with Gasteiger partial charge < -0.3 is 14.6 Å². The molecule has 0 saturated heterocycles. The quantitative estimate of drug-likeness (QED) is 0.715. The summed E-state index contributed by atoms with van der Waals surface area (Å²) in [4.78, 5) is 15.5. The molecule has 1 aromatic heterocycles. The molecule has 0 fully saturated rings. The number of hydrogen-bond donors (Lipinski definition) is 1. The Morgan fingerprint density at radius 3 is 2.38 bits per heavy atom. The van der Waals surface area contributed by atoms with Crippen molar-refractivity contribution < 1.29 is 17.9 Å². The van der Waals surface area contributed by atoms with Crippen LogP contribution in [0, 0.1) is 31.3 Å². The lowest BCUT2D eigenvalue weighted by molar-refractivity contribution is 0.134. The minimum atomic E-state index is -1.05. The first-order chi connectivity index (χ1) is 13.8. The van der Waals surface area contributed by atoms with E-state index in [1.807, 2.05) is 19.1 Å². The molecular formula is C21H18F3N3O2. The summed E-state index contributed by atoms with van der Waals surface area (Å²) in [5.74, 6) is -2.38. The van der Waals surface area contributed by atoms with Gasteiger partial charge in [0.2, 0.25) is 11.8 Å². The van der Waals surface area contributed by atoms with E-state index < -0.39 is 23.0 Å². The fourth-order valence-electron chi connectivity index (χ4n) is 3.28. The van der Waals surface area contributed by atoms with E-state index in [4.69, 9.17) is 4.74 Å². The van der Waals surface area contributed by atoms with Gasteiger partial charge in [0, 0.05) is 17.4 Å². The third-order valence-corrected chi connectivity index (χ3v) is 4.95. The highest BCUT2D eigenvalue weighted by atomic mass is 19.1. The first kappa shape index (κ1) is 19.2. The lowest BCUT2D eigenvalue weighted by atomic mass is 10.1. The van der Waals surface area contributed by atoms with Gasteiger partial charge in [-0.25, -0.2) is 8.78 Å². The van der Waals surface area contributed by atoms with Crippen LogP contribution in [0.15, 0.2) is 35.3 Å². The van der Waals surface area contributed by atoms with Gasteiger partial charge in [-0.15, -0.1) is 0 Å². The second-order valence-electron chi connectivity index (χ2n) is 7.08. The molecule has 0 spiro atoms. The molecule has 3 aromatic rings. The maximum Gasteiger partial charge on any atom is 0.310 e. The standard InChI is InChI=1S/C21H18F3N3O2/c1-11-3-14-9-29-10-15(14)6-19(11)25-21-26-20(28)18(24)8-27(21)7-13-4-16(22)12(2)17(23)5-13/h3-6,8H,7,9-10H2,1-2H3,(H,25,26,28). The maximum atomic E-state index is 13.9. The molecule has 0 aliphatic carbocycles. The molecule has 1 aliphatic rings. The Morgan fingerprint density at radius 2 is 1.69 bits per heavy atom. The number of rotatable bonds is 4. The normalized spacial score (nSPS) is 12.9. The molecule has 150 valence electrons. The molecule has 0 unspecified atom stereocenters. The van der Waals surface area contributed by atoms with Gasteiger partial charge in [0.1, 0.15) is 11.6 Å². The molecule has 4 rings (SSSR count). The van der Waals surface area contributed by atoms with Crippen LogP contribution in [0.1, 0.15) is 27.8 Å². The summed E-state index contributed by atoms with van der Waals surface area (Å²) >= 11 is 0. The Hall–Kier alpha value is -3.13. The second-order valence-corrected chi connectivity index (χ2v) is 7.08. The van der Waals surface area contributed by atoms with Crippen LogP contribution >= 0.6 is 0 Å². The summed E-state index contributed by atoms with van der Waals surface area (Å²) in [6.07, 6.45) is 0.971. The van der Waals surface area contributed by atoms with E-state index in [-0.39, 0.29) is 23.6 Å². The highest BCUT2D eigenvalue weighted by Crippen LogP contribution is 2.28. The Kier molecular flexibility index (Phi) is 4.87. The van der Waals surface area contributed by atoms with E-state index in [1.54, 1.807) is 0 Å². The predicted octanol–water partition coefficient (Wildman–Crippen LogP) is 4.10.